The van der Waals surface area contributed by atoms with Crippen LogP contribution in [0, 0.1) is 11.3 Å². The Kier molecular flexibility index (Phi) is 5.40. The summed E-state index contributed by atoms with van der Waals surface area (Å²) >= 11 is 0. The summed E-state index contributed by atoms with van der Waals surface area (Å²) in [7, 11) is 0. The zero-order valence-electron chi connectivity index (χ0n) is 15.2. The molecular formula is C18H22F3N3O2. The number of nitriles is 1. The van der Waals surface area contributed by atoms with Crippen molar-refractivity contribution < 1.29 is 22.7 Å². The third-order valence-electron chi connectivity index (χ3n) is 4.04. The average Bonchev–Trinajstić information content (AvgIpc) is 2.51. The summed E-state index contributed by atoms with van der Waals surface area (Å²) < 4.78 is 44.8. The van der Waals surface area contributed by atoms with Crippen LogP contribution in [0.4, 0.5) is 23.7 Å². The van der Waals surface area contributed by atoms with Crippen molar-refractivity contribution in [2.24, 2.45) is 0 Å². The first-order valence-electron chi connectivity index (χ1n) is 8.28. The molecule has 26 heavy (non-hydrogen) atoms. The van der Waals surface area contributed by atoms with E-state index in [1.54, 1.807) is 36.6 Å². The Labute approximate surface area is 150 Å². The molecule has 0 aliphatic carbocycles. The molecule has 1 aromatic rings. The number of benzene rings is 1. The van der Waals surface area contributed by atoms with Gasteiger partial charge in [0.2, 0.25) is 0 Å². The van der Waals surface area contributed by atoms with Gasteiger partial charge in [0.1, 0.15) is 5.60 Å². The van der Waals surface area contributed by atoms with Crippen LogP contribution in [-0.4, -0.2) is 42.3 Å². The van der Waals surface area contributed by atoms with E-state index in [0.29, 0.717) is 25.3 Å². The molecule has 0 N–H and O–H groups in total. The Morgan fingerprint density at radius 2 is 1.92 bits per heavy atom. The molecule has 0 radical (unpaired) electrons. The zero-order chi connectivity index (χ0) is 19.7. The number of halogens is 3. The molecule has 0 bridgehead atoms. The summed E-state index contributed by atoms with van der Waals surface area (Å²) in [5.41, 5.74) is -1.57. The smallest absolute Gasteiger partial charge is 0.417 e. The molecule has 1 fully saturated rings. The van der Waals surface area contributed by atoms with E-state index < -0.39 is 29.0 Å². The third-order valence-corrected chi connectivity index (χ3v) is 4.04. The molecule has 1 amide bonds. The van der Waals surface area contributed by atoms with Gasteiger partial charge in [0.05, 0.1) is 17.2 Å². The van der Waals surface area contributed by atoms with Crippen molar-refractivity contribution in [1.29, 1.82) is 5.26 Å². The van der Waals surface area contributed by atoms with E-state index in [1.807, 2.05) is 6.92 Å². The van der Waals surface area contributed by atoms with Gasteiger partial charge in [0, 0.05) is 31.4 Å². The Morgan fingerprint density at radius 1 is 1.27 bits per heavy atom. The lowest BCUT2D eigenvalue weighted by molar-refractivity contribution is -0.137. The summed E-state index contributed by atoms with van der Waals surface area (Å²) in [6.45, 7) is 8.24. The van der Waals surface area contributed by atoms with Crippen LogP contribution in [0.2, 0.25) is 0 Å². The van der Waals surface area contributed by atoms with Crippen LogP contribution in [0.3, 0.4) is 0 Å². The summed E-state index contributed by atoms with van der Waals surface area (Å²) in [4.78, 5) is 15.5. The maximum atomic E-state index is 13.2. The van der Waals surface area contributed by atoms with Gasteiger partial charge in [0.25, 0.3) is 0 Å². The number of amides is 1. The molecule has 0 unspecified atom stereocenters. The van der Waals surface area contributed by atoms with Gasteiger partial charge in [-0.05, 0) is 45.9 Å². The van der Waals surface area contributed by atoms with Crippen molar-refractivity contribution in [2.75, 3.05) is 24.5 Å². The monoisotopic (exact) mass is 369 g/mol. The van der Waals surface area contributed by atoms with Crippen molar-refractivity contribution in [2.45, 2.75) is 45.5 Å². The molecule has 1 saturated heterocycles. The van der Waals surface area contributed by atoms with Gasteiger partial charge in [-0.25, -0.2) is 4.79 Å². The standard InChI is InChI=1S/C18H22F3N3O2/c1-12-11-23(16(25)26-17(2,3)4)7-8-24(12)14-6-5-13(10-22)15(9-14)18(19,20)21/h5-6,9,12H,7-8,11H2,1-4H3/t12-/m0/s1. The molecule has 1 heterocycles. The highest BCUT2D eigenvalue weighted by molar-refractivity contribution is 5.69. The first kappa shape index (κ1) is 19.9. The quantitative estimate of drug-likeness (QED) is 0.750. The van der Waals surface area contributed by atoms with Crippen molar-refractivity contribution in [1.82, 2.24) is 4.90 Å². The van der Waals surface area contributed by atoms with Crippen LogP contribution in [0.5, 0.6) is 0 Å². The van der Waals surface area contributed by atoms with Crippen molar-refractivity contribution >= 4 is 11.8 Å². The summed E-state index contributed by atoms with van der Waals surface area (Å²) in [5, 5.41) is 8.90. The number of piperazine rings is 1. The lowest BCUT2D eigenvalue weighted by Gasteiger charge is -2.41. The first-order chi connectivity index (χ1) is 11.9. The molecular weight excluding hydrogens is 347 g/mol. The van der Waals surface area contributed by atoms with Crippen LogP contribution in [0.15, 0.2) is 18.2 Å². The number of carbonyl (C=O) groups excluding carboxylic acids is 1. The molecule has 0 spiro atoms. The van der Waals surface area contributed by atoms with E-state index in [0.717, 1.165) is 6.07 Å². The number of alkyl halides is 3. The predicted octanol–water partition coefficient (Wildman–Crippen LogP) is 4.02. The molecule has 5 nitrogen and oxygen atoms in total. The number of ether oxygens (including phenoxy) is 1. The summed E-state index contributed by atoms with van der Waals surface area (Å²) in [6, 6.07) is 5.08. The van der Waals surface area contributed by atoms with Gasteiger partial charge in [0.15, 0.2) is 0 Å². The second kappa shape index (κ2) is 7.06. The summed E-state index contributed by atoms with van der Waals surface area (Å²) in [5.74, 6) is 0. The molecule has 1 aliphatic rings. The van der Waals surface area contributed by atoms with Gasteiger partial charge >= 0.3 is 12.3 Å². The highest BCUT2D eigenvalue weighted by atomic mass is 19.4. The number of rotatable bonds is 1. The first-order valence-corrected chi connectivity index (χ1v) is 8.28. The van der Waals surface area contributed by atoms with Gasteiger partial charge < -0.3 is 14.5 Å². The molecule has 2 rings (SSSR count). The lowest BCUT2D eigenvalue weighted by Crippen LogP contribution is -2.54. The number of hydrogen-bond donors (Lipinski definition) is 0. The van der Waals surface area contributed by atoms with Crippen LogP contribution in [0.1, 0.15) is 38.8 Å². The molecule has 142 valence electrons. The fraction of sp³-hybridized carbons (Fsp3) is 0.556. The van der Waals surface area contributed by atoms with Gasteiger partial charge in [-0.1, -0.05) is 0 Å². The predicted molar refractivity (Wildman–Crippen MR) is 90.8 cm³/mol. The van der Waals surface area contributed by atoms with E-state index in [9.17, 15) is 18.0 Å². The Morgan fingerprint density at radius 3 is 2.42 bits per heavy atom. The van der Waals surface area contributed by atoms with Crippen molar-refractivity contribution in [3.63, 3.8) is 0 Å². The molecule has 1 aliphatic heterocycles. The zero-order valence-corrected chi connectivity index (χ0v) is 15.2. The fourth-order valence-corrected chi connectivity index (χ4v) is 2.88. The maximum absolute atomic E-state index is 13.2. The molecule has 8 heteroatoms. The maximum Gasteiger partial charge on any atom is 0.417 e. The second-order valence-electron chi connectivity index (χ2n) is 7.31. The summed E-state index contributed by atoms with van der Waals surface area (Å²) in [6.07, 6.45) is -5.03. The van der Waals surface area contributed by atoms with Gasteiger partial charge in [-0.3, -0.25) is 0 Å². The SMILES string of the molecule is C[C@H]1CN(C(=O)OC(C)(C)C)CCN1c1ccc(C#N)c(C(F)(F)F)c1. The number of nitrogens with zero attached hydrogens (tertiary/aromatic N) is 3. The highest BCUT2D eigenvalue weighted by Crippen LogP contribution is 2.35. The largest absolute Gasteiger partial charge is 0.444 e. The highest BCUT2D eigenvalue weighted by Gasteiger charge is 2.35. The topological polar surface area (TPSA) is 56.6 Å². The minimum atomic E-state index is -4.59. The average molecular weight is 369 g/mol. The second-order valence-corrected chi connectivity index (χ2v) is 7.31. The van der Waals surface area contributed by atoms with Crippen LogP contribution >= 0.6 is 0 Å². The van der Waals surface area contributed by atoms with Crippen LogP contribution < -0.4 is 4.90 Å². The van der Waals surface area contributed by atoms with Crippen LogP contribution in [-0.2, 0) is 10.9 Å². The number of anilines is 1. The Balaban J connectivity index is 2.18. The van der Waals surface area contributed by atoms with E-state index in [1.165, 1.54) is 12.1 Å². The lowest BCUT2D eigenvalue weighted by atomic mass is 10.0. The van der Waals surface area contributed by atoms with Crippen molar-refractivity contribution in [3.05, 3.63) is 29.3 Å². The van der Waals surface area contributed by atoms with Gasteiger partial charge in [-0.2, -0.15) is 18.4 Å². The van der Waals surface area contributed by atoms with Crippen LogP contribution in [0.25, 0.3) is 0 Å². The minimum Gasteiger partial charge on any atom is -0.444 e. The normalized spacial score (nSPS) is 18.5. The third kappa shape index (κ3) is 4.59. The Bertz CT molecular complexity index is 720. The number of carbonyl (C=O) groups is 1. The molecule has 1 aromatic carbocycles. The molecule has 1 atom stereocenters. The minimum absolute atomic E-state index is 0.190. The Hall–Kier alpha value is -2.43. The van der Waals surface area contributed by atoms with E-state index in [-0.39, 0.29) is 6.04 Å². The molecule has 0 saturated carbocycles. The van der Waals surface area contributed by atoms with Crippen molar-refractivity contribution in [3.8, 4) is 6.07 Å². The van der Waals surface area contributed by atoms with E-state index in [4.69, 9.17) is 10.00 Å². The molecule has 0 aromatic heterocycles. The van der Waals surface area contributed by atoms with Gasteiger partial charge in [-0.15, -0.1) is 0 Å². The number of hydrogen-bond acceptors (Lipinski definition) is 4. The van der Waals surface area contributed by atoms with E-state index in [2.05, 4.69) is 0 Å². The van der Waals surface area contributed by atoms with E-state index >= 15 is 0 Å². The fourth-order valence-electron chi connectivity index (χ4n) is 2.88.